The predicted molar refractivity (Wildman–Crippen MR) is 63.8 cm³/mol. The number of nitrogens with zero attached hydrogens (tertiary/aromatic N) is 1. The van der Waals surface area contributed by atoms with Gasteiger partial charge in [-0.15, -0.1) is 0 Å². The molecule has 0 aliphatic rings. The largest absolute Gasteiger partial charge is 0.497 e. The highest BCUT2D eigenvalue weighted by atomic mass is 16.5. The van der Waals surface area contributed by atoms with E-state index in [1.165, 1.54) is 6.21 Å². The van der Waals surface area contributed by atoms with Gasteiger partial charge in [0.25, 0.3) is 5.91 Å². The zero-order valence-corrected chi connectivity index (χ0v) is 9.31. The lowest BCUT2D eigenvalue weighted by Gasteiger charge is -2.02. The number of hydrogen-bond acceptors (Lipinski definition) is 3. The van der Waals surface area contributed by atoms with Crippen LogP contribution in [0.1, 0.15) is 17.3 Å². The molecule has 84 valence electrons. The average Bonchev–Trinajstić information content (AvgIpc) is 2.34. The molecule has 0 bridgehead atoms. The van der Waals surface area contributed by atoms with Crippen LogP contribution in [0.5, 0.6) is 5.75 Å². The van der Waals surface area contributed by atoms with Gasteiger partial charge in [0, 0.05) is 11.8 Å². The van der Waals surface area contributed by atoms with Crippen molar-refractivity contribution in [3.63, 3.8) is 0 Å². The van der Waals surface area contributed by atoms with Gasteiger partial charge >= 0.3 is 0 Å². The van der Waals surface area contributed by atoms with Crippen LogP contribution in [0.3, 0.4) is 0 Å². The van der Waals surface area contributed by atoms with Gasteiger partial charge in [-0.1, -0.05) is 12.1 Å². The number of methoxy groups -OCH3 is 1. The number of hydrogen-bond donors (Lipinski definition) is 1. The second-order valence-corrected chi connectivity index (χ2v) is 2.98. The normalized spacial score (nSPS) is 10.9. The van der Waals surface area contributed by atoms with Gasteiger partial charge in [0.15, 0.2) is 0 Å². The summed E-state index contributed by atoms with van der Waals surface area (Å²) in [5, 5.41) is 3.74. The summed E-state index contributed by atoms with van der Waals surface area (Å²) in [6, 6.07) is 6.88. The van der Waals surface area contributed by atoms with E-state index in [0.29, 0.717) is 11.3 Å². The lowest BCUT2D eigenvalue weighted by molar-refractivity contribution is 0.0955. The van der Waals surface area contributed by atoms with Gasteiger partial charge in [-0.3, -0.25) is 4.79 Å². The SMILES string of the molecule is C/C=C/C=NNC(=O)c1cccc(OC)c1. The summed E-state index contributed by atoms with van der Waals surface area (Å²) in [4.78, 5) is 11.6. The van der Waals surface area contributed by atoms with Gasteiger partial charge < -0.3 is 4.74 Å². The van der Waals surface area contributed by atoms with Gasteiger partial charge in [0.1, 0.15) is 5.75 Å². The number of carbonyl (C=O) groups is 1. The number of hydrazone groups is 1. The highest BCUT2D eigenvalue weighted by Gasteiger charge is 2.04. The van der Waals surface area contributed by atoms with Crippen LogP contribution in [0.4, 0.5) is 0 Å². The molecule has 1 amide bonds. The summed E-state index contributed by atoms with van der Waals surface area (Å²) in [5.74, 6) is 0.379. The van der Waals surface area contributed by atoms with Crippen LogP contribution in [-0.2, 0) is 0 Å². The minimum Gasteiger partial charge on any atom is -0.497 e. The Morgan fingerprint density at radius 1 is 1.50 bits per heavy atom. The fraction of sp³-hybridized carbons (Fsp3) is 0.167. The summed E-state index contributed by atoms with van der Waals surface area (Å²) in [6.07, 6.45) is 5.06. The first-order chi connectivity index (χ1) is 7.77. The van der Waals surface area contributed by atoms with Gasteiger partial charge in [-0.05, 0) is 31.2 Å². The van der Waals surface area contributed by atoms with Crippen molar-refractivity contribution in [2.75, 3.05) is 7.11 Å². The third kappa shape index (κ3) is 3.57. The van der Waals surface area contributed by atoms with Crippen molar-refractivity contribution >= 4 is 12.1 Å². The highest BCUT2D eigenvalue weighted by molar-refractivity contribution is 5.94. The van der Waals surface area contributed by atoms with Crippen molar-refractivity contribution < 1.29 is 9.53 Å². The molecule has 0 spiro atoms. The monoisotopic (exact) mass is 218 g/mol. The van der Waals surface area contributed by atoms with Gasteiger partial charge in [-0.25, -0.2) is 5.43 Å². The third-order valence-electron chi connectivity index (χ3n) is 1.85. The molecule has 0 saturated carbocycles. The van der Waals surface area contributed by atoms with Crippen LogP contribution < -0.4 is 10.2 Å². The Balaban J connectivity index is 2.65. The molecule has 0 heterocycles. The van der Waals surface area contributed by atoms with Gasteiger partial charge in [0.2, 0.25) is 0 Å². The number of ether oxygens (including phenoxy) is 1. The van der Waals surface area contributed by atoms with E-state index in [0.717, 1.165) is 0 Å². The molecule has 4 heteroatoms. The molecule has 1 rings (SSSR count). The van der Waals surface area contributed by atoms with E-state index in [1.807, 2.05) is 13.0 Å². The molecule has 0 atom stereocenters. The fourth-order valence-corrected chi connectivity index (χ4v) is 1.05. The van der Waals surface area contributed by atoms with Crippen molar-refractivity contribution in [3.8, 4) is 5.75 Å². The number of benzene rings is 1. The topological polar surface area (TPSA) is 50.7 Å². The molecule has 0 unspecified atom stereocenters. The second kappa shape index (κ2) is 6.40. The molecule has 16 heavy (non-hydrogen) atoms. The van der Waals surface area contributed by atoms with Crippen LogP contribution in [0, 0.1) is 0 Å². The second-order valence-electron chi connectivity index (χ2n) is 2.98. The Bertz CT molecular complexity index is 411. The maximum absolute atomic E-state index is 11.6. The number of allylic oxidation sites excluding steroid dienone is 2. The van der Waals surface area contributed by atoms with Crippen molar-refractivity contribution in [1.29, 1.82) is 0 Å². The van der Waals surface area contributed by atoms with Gasteiger partial charge in [-0.2, -0.15) is 5.10 Å². The molecule has 4 nitrogen and oxygen atoms in total. The number of rotatable bonds is 4. The fourth-order valence-electron chi connectivity index (χ4n) is 1.05. The number of amides is 1. The lowest BCUT2D eigenvalue weighted by Crippen LogP contribution is -2.17. The molecule has 0 fully saturated rings. The standard InChI is InChI=1S/C12H14N2O2/c1-3-4-8-13-14-12(15)10-6-5-7-11(9-10)16-2/h3-9H,1-2H3,(H,14,15)/b4-3+,13-8?. The van der Waals surface area contributed by atoms with Crippen LogP contribution in [-0.4, -0.2) is 19.2 Å². The van der Waals surface area contributed by atoms with Crippen LogP contribution in [0.25, 0.3) is 0 Å². The molecule has 0 aliphatic heterocycles. The molecule has 1 aromatic rings. The predicted octanol–water partition coefficient (Wildman–Crippen LogP) is 1.99. The van der Waals surface area contributed by atoms with E-state index in [-0.39, 0.29) is 5.91 Å². The van der Waals surface area contributed by atoms with E-state index in [9.17, 15) is 4.79 Å². The summed E-state index contributed by atoms with van der Waals surface area (Å²) in [7, 11) is 1.56. The molecule has 0 saturated heterocycles. The molecule has 1 N–H and O–H groups in total. The molecule has 1 aromatic carbocycles. The zero-order valence-electron chi connectivity index (χ0n) is 9.31. The van der Waals surface area contributed by atoms with Crippen LogP contribution >= 0.6 is 0 Å². The number of nitrogens with one attached hydrogen (secondary N) is 1. The number of carbonyl (C=O) groups excluding carboxylic acids is 1. The Hall–Kier alpha value is -2.10. The van der Waals surface area contributed by atoms with E-state index >= 15 is 0 Å². The molecular weight excluding hydrogens is 204 g/mol. The summed E-state index contributed by atoms with van der Waals surface area (Å²) >= 11 is 0. The van der Waals surface area contributed by atoms with Crippen molar-refractivity contribution in [3.05, 3.63) is 42.0 Å². The minimum atomic E-state index is -0.264. The quantitative estimate of drug-likeness (QED) is 0.620. The van der Waals surface area contributed by atoms with E-state index < -0.39 is 0 Å². The van der Waals surface area contributed by atoms with Gasteiger partial charge in [0.05, 0.1) is 7.11 Å². The maximum atomic E-state index is 11.6. The lowest BCUT2D eigenvalue weighted by atomic mass is 10.2. The first-order valence-corrected chi connectivity index (χ1v) is 4.86. The smallest absolute Gasteiger partial charge is 0.271 e. The van der Waals surface area contributed by atoms with Crippen LogP contribution in [0.15, 0.2) is 41.5 Å². The van der Waals surface area contributed by atoms with Crippen molar-refractivity contribution in [2.24, 2.45) is 5.10 Å². The maximum Gasteiger partial charge on any atom is 0.271 e. The first kappa shape index (κ1) is 12.0. The van der Waals surface area contributed by atoms with E-state index in [1.54, 1.807) is 37.5 Å². The molecule has 0 aromatic heterocycles. The molecule has 0 radical (unpaired) electrons. The van der Waals surface area contributed by atoms with E-state index in [4.69, 9.17) is 4.74 Å². The Morgan fingerprint density at radius 2 is 2.31 bits per heavy atom. The zero-order chi connectivity index (χ0) is 11.8. The third-order valence-corrected chi connectivity index (χ3v) is 1.85. The Kier molecular flexibility index (Phi) is 4.79. The van der Waals surface area contributed by atoms with Crippen LogP contribution in [0.2, 0.25) is 0 Å². The van der Waals surface area contributed by atoms with Crippen molar-refractivity contribution in [2.45, 2.75) is 6.92 Å². The van der Waals surface area contributed by atoms with E-state index in [2.05, 4.69) is 10.5 Å². The van der Waals surface area contributed by atoms with Crippen molar-refractivity contribution in [1.82, 2.24) is 5.43 Å². The molecular formula is C12H14N2O2. The molecule has 0 aliphatic carbocycles. The summed E-state index contributed by atoms with van der Waals surface area (Å²) in [5.41, 5.74) is 2.92. The average molecular weight is 218 g/mol. The first-order valence-electron chi connectivity index (χ1n) is 4.86. The Morgan fingerprint density at radius 3 is 3.00 bits per heavy atom. The summed E-state index contributed by atoms with van der Waals surface area (Å²) in [6.45, 7) is 1.87. The summed E-state index contributed by atoms with van der Waals surface area (Å²) < 4.78 is 5.02. The minimum absolute atomic E-state index is 0.264. The highest BCUT2D eigenvalue weighted by Crippen LogP contribution is 2.12. The Labute approximate surface area is 94.6 Å².